The number of pyridine rings is 1. The molecular formula is C13H9Br2ClN2O. The van der Waals surface area contributed by atoms with Crippen LogP contribution >= 0.6 is 43.5 Å². The lowest BCUT2D eigenvalue weighted by molar-refractivity contribution is 0.102. The fourth-order valence-corrected chi connectivity index (χ4v) is 2.68. The van der Waals surface area contributed by atoms with Crippen molar-refractivity contribution in [2.45, 2.75) is 6.92 Å². The molecule has 2 aromatic rings. The number of anilines is 1. The van der Waals surface area contributed by atoms with Crippen molar-refractivity contribution in [1.29, 1.82) is 0 Å². The van der Waals surface area contributed by atoms with Crippen molar-refractivity contribution >= 4 is 55.1 Å². The van der Waals surface area contributed by atoms with Gasteiger partial charge in [-0.15, -0.1) is 0 Å². The molecule has 0 atom stereocenters. The number of carbonyl (C=O) groups is 1. The van der Waals surface area contributed by atoms with Gasteiger partial charge in [-0.2, -0.15) is 0 Å². The number of hydrogen-bond donors (Lipinski definition) is 1. The van der Waals surface area contributed by atoms with Crippen molar-refractivity contribution < 1.29 is 4.79 Å². The molecule has 98 valence electrons. The molecule has 1 N–H and O–H groups in total. The monoisotopic (exact) mass is 402 g/mol. The minimum absolute atomic E-state index is 0.260. The van der Waals surface area contributed by atoms with E-state index in [9.17, 15) is 4.79 Å². The molecular weight excluding hydrogens is 395 g/mol. The van der Waals surface area contributed by atoms with Crippen LogP contribution in [0.4, 0.5) is 5.69 Å². The normalized spacial score (nSPS) is 10.3. The third-order valence-electron chi connectivity index (χ3n) is 2.48. The minimum atomic E-state index is -0.260. The molecule has 0 bridgehead atoms. The number of carbonyl (C=O) groups excluding carboxylic acids is 1. The second kappa shape index (κ2) is 6.03. The van der Waals surface area contributed by atoms with Crippen molar-refractivity contribution in [2.75, 3.05) is 5.32 Å². The molecule has 3 nitrogen and oxygen atoms in total. The van der Waals surface area contributed by atoms with Crippen molar-refractivity contribution in [1.82, 2.24) is 4.98 Å². The minimum Gasteiger partial charge on any atom is -0.320 e. The first-order valence-corrected chi connectivity index (χ1v) is 7.33. The van der Waals surface area contributed by atoms with Crippen molar-refractivity contribution in [3.8, 4) is 0 Å². The van der Waals surface area contributed by atoms with Gasteiger partial charge in [-0.1, -0.05) is 27.5 Å². The van der Waals surface area contributed by atoms with E-state index in [0.717, 1.165) is 14.8 Å². The number of amides is 1. The molecule has 0 aliphatic carbocycles. The number of hydrogen-bond acceptors (Lipinski definition) is 2. The summed E-state index contributed by atoms with van der Waals surface area (Å²) in [5.74, 6) is -0.260. The zero-order valence-corrected chi connectivity index (χ0v) is 13.8. The highest BCUT2D eigenvalue weighted by atomic mass is 79.9. The van der Waals surface area contributed by atoms with Gasteiger partial charge >= 0.3 is 0 Å². The Morgan fingerprint density at radius 1 is 1.26 bits per heavy atom. The Morgan fingerprint density at radius 3 is 2.63 bits per heavy atom. The highest BCUT2D eigenvalue weighted by Gasteiger charge is 2.12. The summed E-state index contributed by atoms with van der Waals surface area (Å²) in [5, 5.41) is 3.19. The lowest BCUT2D eigenvalue weighted by atomic mass is 10.2. The quantitative estimate of drug-likeness (QED) is 0.729. The number of halogens is 3. The summed E-state index contributed by atoms with van der Waals surface area (Å²) in [7, 11) is 0. The van der Waals surface area contributed by atoms with Gasteiger partial charge in [0.15, 0.2) is 0 Å². The number of rotatable bonds is 2. The van der Waals surface area contributed by atoms with Gasteiger partial charge in [0.1, 0.15) is 4.60 Å². The van der Waals surface area contributed by atoms with Gasteiger partial charge in [0.05, 0.1) is 22.0 Å². The van der Waals surface area contributed by atoms with Gasteiger partial charge < -0.3 is 5.32 Å². The molecule has 0 radical (unpaired) electrons. The van der Waals surface area contributed by atoms with Crippen molar-refractivity contribution in [2.24, 2.45) is 0 Å². The second-order valence-corrected chi connectivity index (χ2v) is 5.98. The van der Waals surface area contributed by atoms with Crippen LogP contribution in [0.15, 0.2) is 39.4 Å². The molecule has 6 heteroatoms. The largest absolute Gasteiger partial charge is 0.320 e. The predicted octanol–water partition coefficient (Wildman–Crippen LogP) is 4.82. The van der Waals surface area contributed by atoms with Crippen LogP contribution in [0.25, 0.3) is 0 Å². The molecule has 19 heavy (non-hydrogen) atoms. The second-order valence-electron chi connectivity index (χ2n) is 3.85. The molecule has 1 aromatic carbocycles. The summed E-state index contributed by atoms with van der Waals surface area (Å²) in [6.07, 6.45) is 0. The van der Waals surface area contributed by atoms with Crippen molar-refractivity contribution in [3.63, 3.8) is 0 Å². The molecule has 0 saturated carbocycles. The standard InChI is InChI=1S/C13H9Br2ClN2O/c1-7-11(4-5-12(15)17-7)18-13(19)9-3-2-8(14)6-10(9)16/h2-6H,1H3,(H,18,19). The fourth-order valence-electron chi connectivity index (χ4n) is 1.53. The van der Waals surface area contributed by atoms with Crippen LogP contribution in [0.1, 0.15) is 16.1 Å². The zero-order chi connectivity index (χ0) is 14.0. The average Bonchev–Trinajstić information content (AvgIpc) is 2.32. The third-order valence-corrected chi connectivity index (χ3v) is 3.72. The third kappa shape index (κ3) is 3.55. The summed E-state index contributed by atoms with van der Waals surface area (Å²) in [4.78, 5) is 16.4. The maximum atomic E-state index is 12.1. The molecule has 0 aliphatic heterocycles. The van der Waals surface area contributed by atoms with Crippen LogP contribution in [-0.2, 0) is 0 Å². The molecule has 0 unspecified atom stereocenters. The van der Waals surface area contributed by atoms with E-state index in [-0.39, 0.29) is 5.91 Å². The van der Waals surface area contributed by atoms with Crippen LogP contribution in [0.5, 0.6) is 0 Å². The molecule has 1 amide bonds. The summed E-state index contributed by atoms with van der Waals surface area (Å²) < 4.78 is 1.56. The van der Waals surface area contributed by atoms with E-state index in [1.54, 1.807) is 30.3 Å². The van der Waals surface area contributed by atoms with E-state index in [4.69, 9.17) is 11.6 Å². The average molecular weight is 404 g/mol. The summed E-state index contributed by atoms with van der Waals surface area (Å²) >= 11 is 12.6. The van der Waals surface area contributed by atoms with Gasteiger partial charge in [0, 0.05) is 4.47 Å². The summed E-state index contributed by atoms with van der Waals surface area (Å²) in [6.45, 7) is 1.82. The maximum absolute atomic E-state index is 12.1. The first-order valence-electron chi connectivity index (χ1n) is 5.37. The summed E-state index contributed by atoms with van der Waals surface area (Å²) in [5.41, 5.74) is 1.82. The first-order chi connectivity index (χ1) is 8.97. The van der Waals surface area contributed by atoms with Crippen LogP contribution < -0.4 is 5.32 Å². The fraction of sp³-hybridized carbons (Fsp3) is 0.0769. The Bertz CT molecular complexity index is 647. The first kappa shape index (κ1) is 14.5. The number of aryl methyl sites for hydroxylation is 1. The Hall–Kier alpha value is -0.910. The number of aromatic nitrogens is 1. The lowest BCUT2D eigenvalue weighted by Crippen LogP contribution is -2.13. The number of nitrogens with one attached hydrogen (secondary N) is 1. The number of benzene rings is 1. The molecule has 0 aliphatic rings. The number of nitrogens with zero attached hydrogens (tertiary/aromatic N) is 1. The molecule has 0 saturated heterocycles. The van der Waals surface area contributed by atoms with E-state index >= 15 is 0 Å². The summed E-state index contributed by atoms with van der Waals surface area (Å²) in [6, 6.07) is 8.68. The Balaban J connectivity index is 2.25. The van der Waals surface area contributed by atoms with Gasteiger partial charge in [0.25, 0.3) is 5.91 Å². The Morgan fingerprint density at radius 2 is 2.00 bits per heavy atom. The molecule has 0 spiro atoms. The van der Waals surface area contributed by atoms with Gasteiger partial charge in [-0.3, -0.25) is 4.79 Å². The van der Waals surface area contributed by atoms with E-state index < -0.39 is 0 Å². The maximum Gasteiger partial charge on any atom is 0.257 e. The highest BCUT2D eigenvalue weighted by molar-refractivity contribution is 9.10. The van der Waals surface area contributed by atoms with Gasteiger partial charge in [-0.05, 0) is 53.2 Å². The van der Waals surface area contributed by atoms with Crippen LogP contribution in [-0.4, -0.2) is 10.9 Å². The molecule has 2 rings (SSSR count). The Labute approximate surface area is 132 Å². The van der Waals surface area contributed by atoms with E-state index in [0.29, 0.717) is 16.3 Å². The predicted molar refractivity (Wildman–Crippen MR) is 83.8 cm³/mol. The molecule has 0 fully saturated rings. The van der Waals surface area contributed by atoms with Crippen LogP contribution in [0.2, 0.25) is 5.02 Å². The van der Waals surface area contributed by atoms with E-state index in [2.05, 4.69) is 42.2 Å². The van der Waals surface area contributed by atoms with Crippen molar-refractivity contribution in [3.05, 3.63) is 55.7 Å². The molecule has 1 heterocycles. The zero-order valence-electron chi connectivity index (χ0n) is 9.88. The topological polar surface area (TPSA) is 42.0 Å². The van der Waals surface area contributed by atoms with Crippen LogP contribution in [0, 0.1) is 6.92 Å². The van der Waals surface area contributed by atoms with Crippen LogP contribution in [0.3, 0.4) is 0 Å². The highest BCUT2D eigenvalue weighted by Crippen LogP contribution is 2.23. The lowest BCUT2D eigenvalue weighted by Gasteiger charge is -2.09. The van der Waals surface area contributed by atoms with E-state index in [1.165, 1.54) is 0 Å². The van der Waals surface area contributed by atoms with Gasteiger partial charge in [0.2, 0.25) is 0 Å². The molecule has 1 aromatic heterocycles. The van der Waals surface area contributed by atoms with E-state index in [1.807, 2.05) is 6.92 Å². The Kier molecular flexibility index (Phi) is 4.60. The SMILES string of the molecule is Cc1nc(Br)ccc1NC(=O)c1ccc(Br)cc1Cl. The van der Waals surface area contributed by atoms with Gasteiger partial charge in [-0.25, -0.2) is 4.98 Å². The smallest absolute Gasteiger partial charge is 0.257 e.